The molecule has 0 bridgehead atoms. The summed E-state index contributed by atoms with van der Waals surface area (Å²) in [5, 5.41) is 9.14. The molecule has 1 aromatic heterocycles. The number of nitrogens with one attached hydrogen (secondary N) is 2. The van der Waals surface area contributed by atoms with Crippen LogP contribution in [0.15, 0.2) is 79.8 Å². The third-order valence-corrected chi connectivity index (χ3v) is 7.39. The third kappa shape index (κ3) is 5.80. The lowest BCUT2D eigenvalue weighted by Gasteiger charge is -2.26. The number of aryl methyl sites for hydroxylation is 1. The predicted molar refractivity (Wildman–Crippen MR) is 125 cm³/mol. The molecule has 1 unspecified atom stereocenters. The lowest BCUT2D eigenvalue weighted by molar-refractivity contribution is -0.133. The van der Waals surface area contributed by atoms with Gasteiger partial charge in [0.05, 0.1) is 9.37 Å². The molecule has 0 fully saturated rings. The lowest BCUT2D eigenvalue weighted by atomic mass is 10.2. The van der Waals surface area contributed by atoms with Gasteiger partial charge in [-0.25, -0.2) is 18.7 Å². The van der Waals surface area contributed by atoms with Crippen molar-refractivity contribution in [3.63, 3.8) is 0 Å². The first-order valence-corrected chi connectivity index (χ1v) is 12.1. The summed E-state index contributed by atoms with van der Waals surface area (Å²) in [4.78, 5) is 37.8. The van der Waals surface area contributed by atoms with Crippen LogP contribution in [0.4, 0.5) is 0 Å². The molecule has 0 spiro atoms. The Bertz CT molecular complexity index is 1370. The van der Waals surface area contributed by atoms with E-state index < -0.39 is 33.2 Å². The Labute approximate surface area is 202 Å². The molecule has 1 amide bonds. The number of likely N-dealkylation sites (N-methyl/N-ethyl adjacent to an activating group) is 1. The maximum atomic E-state index is 13.1. The van der Waals surface area contributed by atoms with Gasteiger partial charge in [-0.3, -0.25) is 24.3 Å². The molecule has 0 aliphatic rings. The van der Waals surface area contributed by atoms with Crippen molar-refractivity contribution in [2.45, 2.75) is 23.9 Å². The van der Waals surface area contributed by atoms with Crippen LogP contribution in [0.25, 0.3) is 0 Å². The first-order valence-electron chi connectivity index (χ1n) is 9.87. The Balaban J connectivity index is 1.80. The van der Waals surface area contributed by atoms with E-state index in [-0.39, 0.29) is 22.3 Å². The van der Waals surface area contributed by atoms with Gasteiger partial charge in [0.2, 0.25) is 10.0 Å². The van der Waals surface area contributed by atoms with Gasteiger partial charge < -0.3 is 4.74 Å². The Morgan fingerprint density at radius 3 is 2.38 bits per heavy atom. The van der Waals surface area contributed by atoms with Crippen LogP contribution in [0.5, 0.6) is 11.5 Å². The zero-order chi connectivity index (χ0) is 24.9. The van der Waals surface area contributed by atoms with E-state index in [4.69, 9.17) is 9.94 Å². The molecule has 3 N–H and O–H groups in total. The van der Waals surface area contributed by atoms with Gasteiger partial charge in [-0.1, -0.05) is 18.2 Å². The largest absolute Gasteiger partial charge is 0.457 e. The van der Waals surface area contributed by atoms with Crippen LogP contribution in [0.1, 0.15) is 6.42 Å². The van der Waals surface area contributed by atoms with E-state index in [9.17, 15) is 22.8 Å². The molecular weight excluding hydrogens is 532 g/mol. The first kappa shape index (κ1) is 25.4. The Morgan fingerprint density at radius 1 is 1.15 bits per heavy atom. The summed E-state index contributed by atoms with van der Waals surface area (Å²) < 4.78 is 33.9. The summed E-state index contributed by atoms with van der Waals surface area (Å²) in [5.74, 6) is 0.0196. The maximum absolute atomic E-state index is 13.1. The van der Waals surface area contributed by atoms with Crippen LogP contribution in [-0.2, 0) is 21.4 Å². The van der Waals surface area contributed by atoms with E-state index in [1.54, 1.807) is 24.3 Å². The number of benzene rings is 2. The van der Waals surface area contributed by atoms with E-state index in [0.29, 0.717) is 11.5 Å². The number of carbonyl (C=O) groups is 1. The molecule has 2 aromatic carbocycles. The van der Waals surface area contributed by atoms with E-state index in [2.05, 4.69) is 20.9 Å². The fourth-order valence-electron chi connectivity index (χ4n) is 3.10. The number of hydroxylamine groups is 1. The molecule has 3 rings (SSSR count). The van der Waals surface area contributed by atoms with Gasteiger partial charge in [-0.05, 0) is 58.7 Å². The van der Waals surface area contributed by atoms with Crippen molar-refractivity contribution in [1.29, 1.82) is 0 Å². The first-order chi connectivity index (χ1) is 16.1. The number of hydrogen-bond donors (Lipinski definition) is 3. The Kier molecular flexibility index (Phi) is 8.04. The van der Waals surface area contributed by atoms with Crippen LogP contribution in [0.2, 0.25) is 0 Å². The number of para-hydroxylation sites is 1. The summed E-state index contributed by atoms with van der Waals surface area (Å²) in [5.41, 5.74) is 0.112. The SMILES string of the molecule is CN(C(CCn1cc(Br)c(=O)[nH]c1=O)C(=O)NO)S(=O)(=O)c1ccc(Oc2ccccc2)cc1. The summed E-state index contributed by atoms with van der Waals surface area (Å²) in [6.45, 7) is -0.115. The molecule has 1 atom stereocenters. The number of H-pyrrole nitrogens is 1. The number of sulfonamides is 1. The van der Waals surface area contributed by atoms with Gasteiger partial charge in [0, 0.05) is 19.8 Å². The predicted octanol–water partition coefficient (Wildman–Crippen LogP) is 1.68. The van der Waals surface area contributed by atoms with Crippen LogP contribution in [0, 0.1) is 0 Å². The fraction of sp³-hybridized carbons (Fsp3) is 0.190. The van der Waals surface area contributed by atoms with Crippen molar-refractivity contribution in [3.05, 3.63) is 86.1 Å². The fourth-order valence-corrected chi connectivity index (χ4v) is 4.80. The van der Waals surface area contributed by atoms with Crippen molar-refractivity contribution in [2.24, 2.45) is 0 Å². The number of aromatic amines is 1. The highest BCUT2D eigenvalue weighted by Gasteiger charge is 2.33. The number of carbonyl (C=O) groups excluding carboxylic acids is 1. The quantitative estimate of drug-likeness (QED) is 0.270. The topological polar surface area (TPSA) is 151 Å². The molecule has 0 saturated heterocycles. The van der Waals surface area contributed by atoms with Gasteiger partial charge in [-0.15, -0.1) is 0 Å². The Morgan fingerprint density at radius 2 is 1.76 bits per heavy atom. The van der Waals surface area contributed by atoms with Gasteiger partial charge in [0.25, 0.3) is 11.5 Å². The monoisotopic (exact) mass is 552 g/mol. The highest BCUT2D eigenvalue weighted by molar-refractivity contribution is 9.10. The normalized spacial score (nSPS) is 12.4. The molecule has 13 heteroatoms. The van der Waals surface area contributed by atoms with E-state index >= 15 is 0 Å². The number of ether oxygens (including phenoxy) is 1. The highest BCUT2D eigenvalue weighted by Crippen LogP contribution is 2.25. The minimum Gasteiger partial charge on any atom is -0.457 e. The smallest absolute Gasteiger partial charge is 0.328 e. The summed E-state index contributed by atoms with van der Waals surface area (Å²) >= 11 is 3.01. The molecule has 0 aliphatic carbocycles. The van der Waals surface area contributed by atoms with Crippen molar-refractivity contribution in [1.82, 2.24) is 19.3 Å². The number of halogens is 1. The van der Waals surface area contributed by atoms with Crippen LogP contribution in [-0.4, -0.2) is 46.5 Å². The molecule has 11 nitrogen and oxygen atoms in total. The minimum absolute atomic E-state index is 0.0917. The van der Waals surface area contributed by atoms with Crippen LogP contribution >= 0.6 is 15.9 Å². The van der Waals surface area contributed by atoms with E-state index in [0.717, 1.165) is 8.87 Å². The second-order valence-electron chi connectivity index (χ2n) is 7.12. The van der Waals surface area contributed by atoms with E-state index in [1.165, 1.54) is 43.0 Å². The van der Waals surface area contributed by atoms with Crippen molar-refractivity contribution in [2.75, 3.05) is 7.05 Å². The molecule has 34 heavy (non-hydrogen) atoms. The van der Waals surface area contributed by atoms with Gasteiger partial charge in [-0.2, -0.15) is 4.31 Å². The van der Waals surface area contributed by atoms with Crippen molar-refractivity contribution < 1.29 is 23.2 Å². The van der Waals surface area contributed by atoms with Gasteiger partial charge >= 0.3 is 5.69 Å². The molecule has 0 radical (unpaired) electrons. The average molecular weight is 553 g/mol. The number of amides is 1. The Hall–Kier alpha value is -3.26. The summed E-state index contributed by atoms with van der Waals surface area (Å²) in [6.07, 6.45) is 1.06. The zero-order valence-corrected chi connectivity index (χ0v) is 20.2. The number of nitrogens with zero attached hydrogens (tertiary/aromatic N) is 2. The molecule has 0 saturated carbocycles. The maximum Gasteiger partial charge on any atom is 0.328 e. The molecular formula is C21H21BrN4O7S. The van der Waals surface area contributed by atoms with E-state index in [1.807, 2.05) is 6.07 Å². The van der Waals surface area contributed by atoms with Crippen LogP contribution < -0.4 is 21.5 Å². The summed E-state index contributed by atoms with van der Waals surface area (Å²) in [6, 6.07) is 13.2. The number of hydrogen-bond acceptors (Lipinski definition) is 7. The highest BCUT2D eigenvalue weighted by atomic mass is 79.9. The molecule has 0 aliphatic heterocycles. The summed E-state index contributed by atoms with van der Waals surface area (Å²) in [7, 11) is -2.97. The standard InChI is InChI=1S/C21H21BrN4O7S/c1-25(18(20(28)24-30)11-12-26-13-17(22)19(27)23-21(26)29)34(31,32)16-9-7-15(8-10-16)33-14-5-3-2-4-6-14/h2-10,13,18,30H,11-12H2,1H3,(H,24,28)(H,23,27,29). The minimum atomic E-state index is -4.16. The molecule has 3 aromatic rings. The molecule has 1 heterocycles. The molecule has 180 valence electrons. The van der Waals surface area contributed by atoms with Crippen LogP contribution in [0.3, 0.4) is 0 Å². The average Bonchev–Trinajstić information content (AvgIpc) is 2.83. The lowest BCUT2D eigenvalue weighted by Crippen LogP contribution is -2.47. The van der Waals surface area contributed by atoms with Crippen molar-refractivity contribution >= 4 is 31.9 Å². The number of aromatic nitrogens is 2. The van der Waals surface area contributed by atoms with Gasteiger partial charge in [0.15, 0.2) is 0 Å². The second kappa shape index (κ2) is 10.8. The van der Waals surface area contributed by atoms with Gasteiger partial charge in [0.1, 0.15) is 17.5 Å². The zero-order valence-electron chi connectivity index (χ0n) is 17.8. The third-order valence-electron chi connectivity index (χ3n) is 4.94. The number of rotatable bonds is 9. The van der Waals surface area contributed by atoms with Crippen molar-refractivity contribution in [3.8, 4) is 11.5 Å². The second-order valence-corrected chi connectivity index (χ2v) is 9.97.